The van der Waals surface area contributed by atoms with Crippen molar-refractivity contribution in [1.82, 2.24) is 14.7 Å². The smallest absolute Gasteiger partial charge is 0.322 e. The molecule has 1 aliphatic carbocycles. The molecule has 8 nitrogen and oxygen atoms in total. The molecule has 3 amide bonds. The molecular weight excluding hydrogens is 459 g/mol. The van der Waals surface area contributed by atoms with Crippen molar-refractivity contribution in [2.24, 2.45) is 11.7 Å². The molecule has 0 spiro atoms. The number of nitriles is 1. The maximum absolute atomic E-state index is 13.7. The lowest BCUT2D eigenvalue weighted by Gasteiger charge is -2.36. The summed E-state index contributed by atoms with van der Waals surface area (Å²) in [5.74, 6) is -0.923. The molecule has 1 atom stereocenters. The number of benzene rings is 2. The highest BCUT2D eigenvalue weighted by atomic mass is 35.5. The van der Waals surface area contributed by atoms with Gasteiger partial charge in [-0.15, -0.1) is 0 Å². The van der Waals surface area contributed by atoms with Gasteiger partial charge in [0.25, 0.3) is 5.91 Å². The molecule has 2 aromatic carbocycles. The van der Waals surface area contributed by atoms with Crippen molar-refractivity contribution in [3.05, 3.63) is 70.1 Å². The Morgan fingerprint density at radius 2 is 1.94 bits per heavy atom. The van der Waals surface area contributed by atoms with Gasteiger partial charge in [-0.1, -0.05) is 11.6 Å². The lowest BCUT2D eigenvalue weighted by Crippen LogP contribution is -2.49. The van der Waals surface area contributed by atoms with Crippen molar-refractivity contribution in [3.63, 3.8) is 0 Å². The van der Waals surface area contributed by atoms with E-state index in [1.165, 1.54) is 18.2 Å². The van der Waals surface area contributed by atoms with Crippen LogP contribution in [0.1, 0.15) is 34.5 Å². The van der Waals surface area contributed by atoms with E-state index in [1.54, 1.807) is 33.8 Å². The standard InChI is InChI=1S/C24H20ClFN6O2/c25-17-9-15(5-8-18(17)26)22-21(23(28)33)20-11-31(19(14-3-4-14)12-32(20)30-22)24(34)29-16-6-1-13(10-27)2-7-16/h1-2,5-9,14,19H,3-4,11-12H2,(H2,28,33)(H,29,34). The molecule has 1 fully saturated rings. The fraction of sp³-hybridized carbons (Fsp3) is 0.250. The molecule has 5 rings (SSSR count). The molecule has 3 aromatic rings. The number of nitrogens with one attached hydrogen (secondary N) is 1. The van der Waals surface area contributed by atoms with Gasteiger partial charge >= 0.3 is 6.03 Å². The molecule has 1 aromatic heterocycles. The average molecular weight is 479 g/mol. The zero-order valence-corrected chi connectivity index (χ0v) is 18.7. The average Bonchev–Trinajstić information content (AvgIpc) is 3.60. The number of carbonyl (C=O) groups excluding carboxylic acids is 2. The van der Waals surface area contributed by atoms with Crippen LogP contribution in [0.25, 0.3) is 11.3 Å². The number of halogens is 2. The highest BCUT2D eigenvalue weighted by molar-refractivity contribution is 6.31. The van der Waals surface area contributed by atoms with Gasteiger partial charge in [0.1, 0.15) is 11.5 Å². The van der Waals surface area contributed by atoms with Crippen molar-refractivity contribution in [1.29, 1.82) is 5.26 Å². The van der Waals surface area contributed by atoms with Crippen LogP contribution in [0.4, 0.5) is 14.9 Å². The summed E-state index contributed by atoms with van der Waals surface area (Å²) in [6, 6.07) is 12.3. The molecule has 0 saturated heterocycles. The van der Waals surface area contributed by atoms with Gasteiger partial charge in [-0.05, 0) is 61.2 Å². The Bertz CT molecular complexity index is 1340. The van der Waals surface area contributed by atoms with Gasteiger partial charge in [0.2, 0.25) is 0 Å². The van der Waals surface area contributed by atoms with E-state index in [1.807, 2.05) is 6.07 Å². The minimum absolute atomic E-state index is 0.0850. The maximum atomic E-state index is 13.7. The number of urea groups is 1. The van der Waals surface area contributed by atoms with Gasteiger partial charge in [-0.25, -0.2) is 9.18 Å². The minimum Gasteiger partial charge on any atom is -0.365 e. The van der Waals surface area contributed by atoms with Crippen LogP contribution >= 0.6 is 11.6 Å². The maximum Gasteiger partial charge on any atom is 0.322 e. The first-order valence-corrected chi connectivity index (χ1v) is 11.2. The van der Waals surface area contributed by atoms with E-state index in [0.717, 1.165) is 12.8 Å². The topological polar surface area (TPSA) is 117 Å². The van der Waals surface area contributed by atoms with Crippen LogP contribution in [0.15, 0.2) is 42.5 Å². The van der Waals surface area contributed by atoms with Gasteiger partial charge < -0.3 is 16.0 Å². The van der Waals surface area contributed by atoms with E-state index >= 15 is 0 Å². The highest BCUT2D eigenvalue weighted by Crippen LogP contribution is 2.40. The molecule has 2 aliphatic rings. The quantitative estimate of drug-likeness (QED) is 0.586. The van der Waals surface area contributed by atoms with Crippen molar-refractivity contribution < 1.29 is 14.0 Å². The van der Waals surface area contributed by atoms with Crippen LogP contribution in [0.5, 0.6) is 0 Å². The summed E-state index contributed by atoms with van der Waals surface area (Å²) in [7, 11) is 0. The number of carbonyl (C=O) groups is 2. The normalized spacial score (nSPS) is 17.1. The minimum atomic E-state index is -0.686. The number of hydrogen-bond donors (Lipinski definition) is 2. The molecule has 0 bridgehead atoms. The summed E-state index contributed by atoms with van der Waals surface area (Å²) in [4.78, 5) is 27.4. The van der Waals surface area contributed by atoms with Crippen LogP contribution in [0, 0.1) is 23.1 Å². The predicted octanol–water partition coefficient (Wildman–Crippen LogP) is 4.14. The van der Waals surface area contributed by atoms with E-state index < -0.39 is 11.7 Å². The summed E-state index contributed by atoms with van der Waals surface area (Å²) in [5.41, 5.74) is 8.28. The molecule has 1 aliphatic heterocycles. The number of primary amides is 1. The monoisotopic (exact) mass is 478 g/mol. The molecule has 172 valence electrons. The Morgan fingerprint density at radius 1 is 1.21 bits per heavy atom. The van der Waals surface area contributed by atoms with Crippen LogP contribution in [-0.4, -0.2) is 32.7 Å². The summed E-state index contributed by atoms with van der Waals surface area (Å²) in [6.07, 6.45) is 2.01. The Kier molecular flexibility index (Phi) is 5.46. The Balaban J connectivity index is 1.50. The second kappa shape index (κ2) is 8.47. The van der Waals surface area contributed by atoms with Crippen molar-refractivity contribution in [2.45, 2.75) is 32.0 Å². The zero-order valence-electron chi connectivity index (χ0n) is 18.0. The van der Waals surface area contributed by atoms with E-state index in [4.69, 9.17) is 22.6 Å². The van der Waals surface area contributed by atoms with Crippen molar-refractivity contribution >= 4 is 29.2 Å². The number of hydrogen-bond acceptors (Lipinski definition) is 4. The molecule has 0 radical (unpaired) electrons. The third-order valence-electron chi connectivity index (χ3n) is 6.27. The highest BCUT2D eigenvalue weighted by Gasteiger charge is 2.42. The molecule has 3 N–H and O–H groups in total. The predicted molar refractivity (Wildman–Crippen MR) is 123 cm³/mol. The van der Waals surface area contributed by atoms with Crippen LogP contribution in [0.3, 0.4) is 0 Å². The van der Waals surface area contributed by atoms with Crippen LogP contribution in [0.2, 0.25) is 5.02 Å². The molecule has 1 unspecified atom stereocenters. The van der Waals surface area contributed by atoms with Gasteiger partial charge in [0.15, 0.2) is 0 Å². The number of fused-ring (bicyclic) bond motifs is 1. The SMILES string of the molecule is N#Cc1ccc(NC(=O)N2Cc3c(C(N)=O)c(-c4ccc(F)c(Cl)c4)nn3CC2C2CC2)cc1. The summed E-state index contributed by atoms with van der Waals surface area (Å²) in [5, 5.41) is 16.4. The van der Waals surface area contributed by atoms with Crippen molar-refractivity contribution in [3.8, 4) is 17.3 Å². The number of amides is 3. The number of anilines is 1. The number of nitrogens with two attached hydrogens (primary N) is 1. The van der Waals surface area contributed by atoms with E-state index in [2.05, 4.69) is 10.4 Å². The first-order valence-electron chi connectivity index (χ1n) is 10.8. The fourth-order valence-electron chi connectivity index (χ4n) is 4.40. The number of nitrogens with zero attached hydrogens (tertiary/aromatic N) is 4. The largest absolute Gasteiger partial charge is 0.365 e. The number of rotatable bonds is 4. The first kappa shape index (κ1) is 21.9. The second-order valence-electron chi connectivity index (χ2n) is 8.50. The molecule has 2 heterocycles. The van der Waals surface area contributed by atoms with Crippen LogP contribution in [-0.2, 0) is 13.1 Å². The van der Waals surface area contributed by atoms with Gasteiger partial charge in [0, 0.05) is 11.3 Å². The first-order chi connectivity index (χ1) is 16.4. The number of aromatic nitrogens is 2. The zero-order chi connectivity index (χ0) is 24.0. The van der Waals surface area contributed by atoms with Gasteiger partial charge in [0.05, 0.1) is 47.0 Å². The second-order valence-corrected chi connectivity index (χ2v) is 8.90. The summed E-state index contributed by atoms with van der Waals surface area (Å²) < 4.78 is 15.4. The lowest BCUT2D eigenvalue weighted by atomic mass is 10.0. The van der Waals surface area contributed by atoms with E-state index in [9.17, 15) is 14.0 Å². The lowest BCUT2D eigenvalue weighted by molar-refractivity contribution is 0.0993. The Hall–Kier alpha value is -3.90. The van der Waals surface area contributed by atoms with Crippen molar-refractivity contribution in [2.75, 3.05) is 5.32 Å². The third kappa shape index (κ3) is 3.97. The van der Waals surface area contributed by atoms with E-state index in [-0.39, 0.29) is 29.2 Å². The molecule has 10 heteroatoms. The Labute approximate surface area is 199 Å². The van der Waals surface area contributed by atoms with E-state index in [0.29, 0.717) is 40.7 Å². The molecule has 1 saturated carbocycles. The molecular formula is C24H20ClFN6O2. The summed E-state index contributed by atoms with van der Waals surface area (Å²) in [6.45, 7) is 0.555. The van der Waals surface area contributed by atoms with Gasteiger partial charge in [-0.3, -0.25) is 9.48 Å². The third-order valence-corrected chi connectivity index (χ3v) is 6.56. The van der Waals surface area contributed by atoms with Crippen LogP contribution < -0.4 is 11.1 Å². The summed E-state index contributed by atoms with van der Waals surface area (Å²) >= 11 is 5.95. The fourth-order valence-corrected chi connectivity index (χ4v) is 4.58. The Morgan fingerprint density at radius 3 is 2.56 bits per heavy atom. The van der Waals surface area contributed by atoms with Gasteiger partial charge in [-0.2, -0.15) is 10.4 Å². The molecule has 34 heavy (non-hydrogen) atoms.